The fourth-order valence-electron chi connectivity index (χ4n) is 1.41. The molecular formula is C11H10N2O2S. The summed E-state index contributed by atoms with van der Waals surface area (Å²) in [5, 5.41) is 8.23. The monoisotopic (exact) mass is 234 g/mol. The van der Waals surface area contributed by atoms with Crippen molar-refractivity contribution in [2.45, 2.75) is 0 Å². The van der Waals surface area contributed by atoms with Crippen LogP contribution in [0.3, 0.4) is 0 Å². The molecule has 0 aliphatic heterocycles. The van der Waals surface area contributed by atoms with Gasteiger partial charge in [-0.25, -0.2) is 4.79 Å². The van der Waals surface area contributed by atoms with E-state index in [0.717, 1.165) is 10.1 Å². The fraction of sp³-hybridized carbons (Fsp3) is 0.0909. The first-order valence-electron chi connectivity index (χ1n) is 4.58. The molecule has 4 nitrogen and oxygen atoms in total. The molecule has 3 N–H and O–H groups in total. The van der Waals surface area contributed by atoms with Crippen molar-refractivity contribution in [1.82, 2.24) is 0 Å². The zero-order valence-corrected chi connectivity index (χ0v) is 9.43. The summed E-state index contributed by atoms with van der Waals surface area (Å²) in [4.78, 5) is 11.9. The zero-order valence-electron chi connectivity index (χ0n) is 8.61. The minimum atomic E-state index is -0.342. The molecule has 0 atom stereocenters. The molecule has 0 spiro atoms. The summed E-state index contributed by atoms with van der Waals surface area (Å²) in [5.74, 6) is -0.321. The highest BCUT2D eigenvalue weighted by Crippen LogP contribution is 2.26. The third kappa shape index (κ3) is 1.77. The molecule has 0 fully saturated rings. The van der Waals surface area contributed by atoms with E-state index in [1.165, 1.54) is 18.4 Å². The Morgan fingerprint density at radius 1 is 1.44 bits per heavy atom. The van der Waals surface area contributed by atoms with Crippen molar-refractivity contribution < 1.29 is 9.53 Å². The van der Waals surface area contributed by atoms with Gasteiger partial charge in [-0.2, -0.15) is 0 Å². The number of nitrogens with one attached hydrogen (secondary N) is 1. The summed E-state index contributed by atoms with van der Waals surface area (Å²) in [5.41, 5.74) is 6.05. The maximum atomic E-state index is 11.3. The van der Waals surface area contributed by atoms with Gasteiger partial charge in [-0.3, -0.25) is 5.41 Å². The summed E-state index contributed by atoms with van der Waals surface area (Å²) >= 11 is 1.36. The van der Waals surface area contributed by atoms with Crippen molar-refractivity contribution in [3.05, 3.63) is 34.7 Å². The van der Waals surface area contributed by atoms with Crippen molar-refractivity contribution in [2.24, 2.45) is 5.73 Å². The Morgan fingerprint density at radius 3 is 2.81 bits per heavy atom. The second-order valence-corrected chi connectivity index (χ2v) is 4.35. The van der Waals surface area contributed by atoms with Crippen molar-refractivity contribution >= 4 is 33.2 Å². The topological polar surface area (TPSA) is 76.2 Å². The molecule has 82 valence electrons. The van der Waals surface area contributed by atoms with Gasteiger partial charge in [0.05, 0.1) is 7.11 Å². The molecule has 1 aromatic carbocycles. The number of nitrogens with two attached hydrogens (primary N) is 1. The predicted molar refractivity (Wildman–Crippen MR) is 64.2 cm³/mol. The molecule has 0 amide bonds. The average Bonchev–Trinajstić information content (AvgIpc) is 2.70. The Labute approximate surface area is 96.1 Å². The van der Waals surface area contributed by atoms with Crippen LogP contribution in [0.1, 0.15) is 15.2 Å². The molecule has 0 saturated heterocycles. The number of amidine groups is 1. The Hall–Kier alpha value is -1.88. The molecule has 0 unspecified atom stereocenters. The number of nitrogen functional groups attached to an aromatic ring is 1. The average molecular weight is 234 g/mol. The quantitative estimate of drug-likeness (QED) is 0.474. The molecule has 0 bridgehead atoms. The molecule has 1 heterocycles. The van der Waals surface area contributed by atoms with Gasteiger partial charge in [0.25, 0.3) is 0 Å². The van der Waals surface area contributed by atoms with Crippen LogP contribution in [0.4, 0.5) is 0 Å². The van der Waals surface area contributed by atoms with Crippen LogP contribution in [0.2, 0.25) is 0 Å². The highest BCUT2D eigenvalue weighted by Gasteiger charge is 2.10. The third-order valence-electron chi connectivity index (χ3n) is 2.21. The van der Waals surface area contributed by atoms with E-state index in [1.807, 2.05) is 6.07 Å². The maximum Gasteiger partial charge on any atom is 0.348 e. The van der Waals surface area contributed by atoms with E-state index < -0.39 is 0 Å². The van der Waals surface area contributed by atoms with E-state index in [4.69, 9.17) is 11.1 Å². The molecule has 0 radical (unpaired) electrons. The Balaban J connectivity index is 2.54. The summed E-state index contributed by atoms with van der Waals surface area (Å²) in [6.07, 6.45) is 0. The molecule has 5 heteroatoms. The molecule has 1 aromatic heterocycles. The van der Waals surface area contributed by atoms with Crippen LogP contribution >= 0.6 is 11.3 Å². The number of fused-ring (bicyclic) bond motifs is 1. The molecule has 2 aromatic rings. The van der Waals surface area contributed by atoms with Gasteiger partial charge in [0.1, 0.15) is 10.7 Å². The lowest BCUT2D eigenvalue weighted by Gasteiger charge is -1.96. The zero-order chi connectivity index (χ0) is 11.7. The van der Waals surface area contributed by atoms with E-state index in [-0.39, 0.29) is 11.8 Å². The van der Waals surface area contributed by atoms with Gasteiger partial charge in [-0.1, -0.05) is 0 Å². The van der Waals surface area contributed by atoms with Gasteiger partial charge in [0.15, 0.2) is 0 Å². The van der Waals surface area contributed by atoms with Gasteiger partial charge in [-0.15, -0.1) is 11.3 Å². The first-order chi connectivity index (χ1) is 7.61. The van der Waals surface area contributed by atoms with Gasteiger partial charge in [0.2, 0.25) is 0 Å². The first-order valence-corrected chi connectivity index (χ1v) is 5.40. The Morgan fingerprint density at radius 2 is 2.19 bits per heavy atom. The highest BCUT2D eigenvalue weighted by atomic mass is 32.1. The van der Waals surface area contributed by atoms with Crippen LogP contribution < -0.4 is 5.73 Å². The van der Waals surface area contributed by atoms with E-state index in [9.17, 15) is 4.79 Å². The van der Waals surface area contributed by atoms with E-state index in [0.29, 0.717) is 10.4 Å². The van der Waals surface area contributed by atoms with E-state index >= 15 is 0 Å². The maximum absolute atomic E-state index is 11.3. The van der Waals surface area contributed by atoms with Crippen LogP contribution in [-0.4, -0.2) is 18.9 Å². The summed E-state index contributed by atoms with van der Waals surface area (Å²) in [6, 6.07) is 7.16. The fourth-order valence-corrected chi connectivity index (χ4v) is 2.37. The van der Waals surface area contributed by atoms with Crippen molar-refractivity contribution in [2.75, 3.05) is 7.11 Å². The second-order valence-electron chi connectivity index (χ2n) is 3.27. The minimum absolute atomic E-state index is 0.0210. The minimum Gasteiger partial charge on any atom is -0.465 e. The van der Waals surface area contributed by atoms with Gasteiger partial charge < -0.3 is 10.5 Å². The largest absolute Gasteiger partial charge is 0.465 e. The first kappa shape index (κ1) is 10.6. The smallest absolute Gasteiger partial charge is 0.348 e. The van der Waals surface area contributed by atoms with Crippen LogP contribution in [0.15, 0.2) is 24.3 Å². The highest BCUT2D eigenvalue weighted by molar-refractivity contribution is 7.20. The summed E-state index contributed by atoms with van der Waals surface area (Å²) in [7, 11) is 1.35. The molecule has 0 saturated carbocycles. The SMILES string of the molecule is COC(=O)c1cc2cc(C(=N)N)ccc2s1. The van der Waals surface area contributed by atoms with Crippen LogP contribution in [-0.2, 0) is 4.74 Å². The van der Waals surface area contributed by atoms with E-state index in [2.05, 4.69) is 4.74 Å². The number of thiophene rings is 1. The number of rotatable bonds is 2. The van der Waals surface area contributed by atoms with E-state index in [1.54, 1.807) is 18.2 Å². The molecule has 2 rings (SSSR count). The number of ether oxygens (including phenoxy) is 1. The number of hydrogen-bond donors (Lipinski definition) is 2. The predicted octanol–water partition coefficient (Wildman–Crippen LogP) is 1.97. The molecule has 0 aliphatic rings. The lowest BCUT2D eigenvalue weighted by Crippen LogP contribution is -2.10. The van der Waals surface area contributed by atoms with Gasteiger partial charge in [0, 0.05) is 10.3 Å². The normalized spacial score (nSPS) is 10.3. The molecular weight excluding hydrogens is 224 g/mol. The standard InChI is InChI=1S/C11H10N2O2S/c1-15-11(14)9-5-7-4-6(10(12)13)2-3-8(7)16-9/h2-5H,1H3,(H3,12,13). The number of carbonyl (C=O) groups is 1. The number of benzene rings is 1. The number of hydrogen-bond acceptors (Lipinski definition) is 4. The summed E-state index contributed by atoms with van der Waals surface area (Å²) < 4.78 is 5.63. The second kappa shape index (κ2) is 3.94. The lowest BCUT2D eigenvalue weighted by molar-refractivity contribution is 0.0606. The molecule has 0 aliphatic carbocycles. The Kier molecular flexibility index (Phi) is 2.62. The van der Waals surface area contributed by atoms with Crippen molar-refractivity contribution in [1.29, 1.82) is 5.41 Å². The Bertz CT molecular complexity index is 574. The van der Waals surface area contributed by atoms with Crippen molar-refractivity contribution in [3.8, 4) is 0 Å². The number of esters is 1. The van der Waals surface area contributed by atoms with Crippen LogP contribution in [0.25, 0.3) is 10.1 Å². The van der Waals surface area contributed by atoms with Gasteiger partial charge >= 0.3 is 5.97 Å². The third-order valence-corrected chi connectivity index (χ3v) is 3.31. The van der Waals surface area contributed by atoms with Crippen molar-refractivity contribution in [3.63, 3.8) is 0 Å². The summed E-state index contributed by atoms with van der Waals surface area (Å²) in [6.45, 7) is 0. The number of methoxy groups -OCH3 is 1. The number of carbonyl (C=O) groups excluding carboxylic acids is 1. The van der Waals surface area contributed by atoms with Crippen LogP contribution in [0.5, 0.6) is 0 Å². The van der Waals surface area contributed by atoms with Gasteiger partial charge in [-0.05, 0) is 29.7 Å². The van der Waals surface area contributed by atoms with Crippen LogP contribution in [0, 0.1) is 5.41 Å². The molecule has 16 heavy (non-hydrogen) atoms. The lowest BCUT2D eigenvalue weighted by atomic mass is 10.1.